The second-order valence-electron chi connectivity index (χ2n) is 5.05. The van der Waals surface area contributed by atoms with Gasteiger partial charge in [-0.2, -0.15) is 26.3 Å². The highest BCUT2D eigenvalue weighted by Gasteiger charge is 2.39. The van der Waals surface area contributed by atoms with Crippen LogP contribution in [0.1, 0.15) is 26.4 Å². The van der Waals surface area contributed by atoms with E-state index in [1.807, 2.05) is 0 Å². The predicted octanol–water partition coefficient (Wildman–Crippen LogP) is 4.52. The number of rotatable bonds is 4. The molecule has 0 saturated carbocycles. The maximum atomic E-state index is 13.0. The van der Waals surface area contributed by atoms with Gasteiger partial charge in [-0.25, -0.2) is 13.1 Å². The van der Waals surface area contributed by atoms with Gasteiger partial charge in [-0.3, -0.25) is 4.79 Å². The molecule has 1 N–H and O–H groups in total. The molecule has 0 saturated heterocycles. The van der Waals surface area contributed by atoms with Gasteiger partial charge in [0.2, 0.25) is 0 Å². The molecule has 0 fully saturated rings. The molecule has 0 aliphatic carbocycles. The van der Waals surface area contributed by atoms with Crippen molar-refractivity contribution in [3.63, 3.8) is 0 Å². The van der Waals surface area contributed by atoms with Crippen LogP contribution >= 0.6 is 11.3 Å². The molecule has 0 bridgehead atoms. The number of nitrogens with one attached hydrogen (secondary N) is 1. The first-order valence-corrected chi connectivity index (χ1v) is 9.29. The van der Waals surface area contributed by atoms with E-state index in [9.17, 15) is 39.6 Å². The molecule has 0 radical (unpaired) electrons. The molecule has 1 aromatic carbocycles. The molecule has 4 nitrogen and oxygen atoms in total. The minimum atomic E-state index is -5.30. The lowest BCUT2D eigenvalue weighted by Crippen LogP contribution is -2.31. The number of amides is 1. The molecule has 1 amide bonds. The lowest BCUT2D eigenvalue weighted by molar-refractivity contribution is -0.143. The summed E-state index contributed by atoms with van der Waals surface area (Å²) in [7, 11) is -4.47. The highest BCUT2D eigenvalue weighted by atomic mass is 32.2. The normalized spacial score (nSPS) is 13.1. The monoisotopic (exact) mass is 429 g/mol. The van der Waals surface area contributed by atoms with Gasteiger partial charge in [0.15, 0.2) is 0 Å². The number of benzene rings is 1. The first-order chi connectivity index (χ1) is 12.3. The van der Waals surface area contributed by atoms with E-state index in [1.54, 1.807) is 17.5 Å². The Morgan fingerprint density at radius 2 is 1.70 bits per heavy atom. The first-order valence-electron chi connectivity index (χ1n) is 6.87. The van der Waals surface area contributed by atoms with E-state index in [0.717, 1.165) is 6.08 Å². The zero-order valence-corrected chi connectivity index (χ0v) is 14.6. The molecule has 1 heterocycles. The largest absolute Gasteiger partial charge is 0.417 e. The molecule has 146 valence electrons. The summed E-state index contributed by atoms with van der Waals surface area (Å²) in [6, 6.07) is 3.46. The van der Waals surface area contributed by atoms with Gasteiger partial charge in [-0.1, -0.05) is 6.07 Å². The number of carbonyl (C=O) groups excluding carboxylic acids is 1. The third-order valence-corrected chi connectivity index (χ3v) is 4.89. The molecule has 12 heteroatoms. The predicted molar refractivity (Wildman–Crippen MR) is 86.2 cm³/mol. The Labute approximate surface area is 153 Å². The Hall–Kier alpha value is -2.34. The lowest BCUT2D eigenvalue weighted by atomic mass is 10.0. The van der Waals surface area contributed by atoms with Gasteiger partial charge in [0.25, 0.3) is 15.9 Å². The second-order valence-corrected chi connectivity index (χ2v) is 7.60. The van der Waals surface area contributed by atoms with Gasteiger partial charge in [-0.15, -0.1) is 11.3 Å². The minimum absolute atomic E-state index is 0.247. The summed E-state index contributed by atoms with van der Waals surface area (Å²) in [6.45, 7) is 0. The van der Waals surface area contributed by atoms with Crippen LogP contribution in [0.15, 0.2) is 41.1 Å². The summed E-state index contributed by atoms with van der Waals surface area (Å²) in [5, 5.41) is 2.21. The van der Waals surface area contributed by atoms with Gasteiger partial charge in [0.1, 0.15) is 0 Å². The SMILES string of the molecule is O=C(NS(=O)(=O)/C=C/c1cccs1)c1ccc(C(F)(F)F)cc1C(F)(F)F. The van der Waals surface area contributed by atoms with Crippen molar-refractivity contribution in [1.29, 1.82) is 0 Å². The second kappa shape index (κ2) is 7.35. The zero-order chi connectivity index (χ0) is 20.5. The topological polar surface area (TPSA) is 63.2 Å². The van der Waals surface area contributed by atoms with Crippen LogP contribution in [0.5, 0.6) is 0 Å². The molecule has 0 aliphatic heterocycles. The van der Waals surface area contributed by atoms with Gasteiger partial charge >= 0.3 is 12.4 Å². The fraction of sp³-hybridized carbons (Fsp3) is 0.133. The zero-order valence-electron chi connectivity index (χ0n) is 12.9. The van der Waals surface area contributed by atoms with E-state index < -0.39 is 45.0 Å². The third kappa shape index (κ3) is 5.57. The summed E-state index contributed by atoms with van der Waals surface area (Å²) in [5.41, 5.74) is -4.76. The van der Waals surface area contributed by atoms with Crippen molar-refractivity contribution in [1.82, 2.24) is 4.72 Å². The Balaban J connectivity index is 2.35. The van der Waals surface area contributed by atoms with Crippen molar-refractivity contribution in [3.8, 4) is 0 Å². The molecule has 0 spiro atoms. The van der Waals surface area contributed by atoms with Crippen LogP contribution in [-0.4, -0.2) is 14.3 Å². The summed E-state index contributed by atoms with van der Waals surface area (Å²) in [5.74, 6) is -1.70. The quantitative estimate of drug-likeness (QED) is 0.728. The van der Waals surface area contributed by atoms with Crippen LogP contribution in [0, 0.1) is 0 Å². The summed E-state index contributed by atoms with van der Waals surface area (Å²) < 4.78 is 102. The molecule has 2 rings (SSSR count). The molecule has 0 aliphatic rings. The first kappa shape index (κ1) is 21.0. The van der Waals surface area contributed by atoms with Crippen LogP contribution < -0.4 is 4.72 Å². The number of alkyl halides is 6. The number of thiophene rings is 1. The number of sulfonamides is 1. The molecule has 0 unspecified atom stereocenters. The van der Waals surface area contributed by atoms with Crippen LogP contribution in [-0.2, 0) is 22.4 Å². The van der Waals surface area contributed by atoms with Crippen molar-refractivity contribution >= 4 is 33.3 Å². The van der Waals surface area contributed by atoms with Crippen molar-refractivity contribution in [3.05, 3.63) is 62.7 Å². The number of hydrogen-bond acceptors (Lipinski definition) is 4. The Bertz CT molecular complexity index is 960. The van der Waals surface area contributed by atoms with E-state index in [0.29, 0.717) is 10.3 Å². The summed E-state index contributed by atoms with van der Waals surface area (Å²) in [4.78, 5) is 12.4. The van der Waals surface area contributed by atoms with Gasteiger partial charge in [0.05, 0.1) is 22.1 Å². The van der Waals surface area contributed by atoms with Gasteiger partial charge < -0.3 is 0 Å². The number of hydrogen-bond donors (Lipinski definition) is 1. The molecule has 27 heavy (non-hydrogen) atoms. The number of halogens is 6. The van der Waals surface area contributed by atoms with E-state index in [1.165, 1.54) is 16.1 Å². The highest BCUT2D eigenvalue weighted by molar-refractivity contribution is 7.93. The average Bonchev–Trinajstić information content (AvgIpc) is 3.04. The number of carbonyl (C=O) groups is 1. The van der Waals surface area contributed by atoms with Crippen LogP contribution in [0.25, 0.3) is 6.08 Å². The van der Waals surface area contributed by atoms with Crippen LogP contribution in [0.2, 0.25) is 0 Å². The van der Waals surface area contributed by atoms with Gasteiger partial charge in [0, 0.05) is 4.88 Å². The molecular weight excluding hydrogens is 420 g/mol. The Morgan fingerprint density at radius 3 is 2.22 bits per heavy atom. The third-order valence-electron chi connectivity index (χ3n) is 3.09. The van der Waals surface area contributed by atoms with Crippen LogP contribution in [0.4, 0.5) is 26.3 Å². The molecule has 0 atom stereocenters. The van der Waals surface area contributed by atoms with E-state index >= 15 is 0 Å². The smallest absolute Gasteiger partial charge is 0.268 e. The maximum absolute atomic E-state index is 13.0. The van der Waals surface area contributed by atoms with Crippen molar-refractivity contribution in [2.24, 2.45) is 0 Å². The van der Waals surface area contributed by atoms with Crippen LogP contribution in [0.3, 0.4) is 0 Å². The summed E-state index contributed by atoms with van der Waals surface area (Å²) >= 11 is 1.17. The molecular formula is C15H9F6NO3S2. The van der Waals surface area contributed by atoms with E-state index in [-0.39, 0.29) is 18.2 Å². The van der Waals surface area contributed by atoms with E-state index in [4.69, 9.17) is 0 Å². The van der Waals surface area contributed by atoms with Crippen molar-refractivity contribution in [2.75, 3.05) is 0 Å². The lowest BCUT2D eigenvalue weighted by Gasteiger charge is -2.15. The average molecular weight is 429 g/mol. The standard InChI is InChI=1S/C15H9F6NO3S2/c16-14(17,18)9-3-4-11(12(8-9)15(19,20)21)13(23)22-27(24,25)7-5-10-2-1-6-26-10/h1-8H,(H,22,23)/b7-5+. The Morgan fingerprint density at radius 1 is 1.04 bits per heavy atom. The maximum Gasteiger partial charge on any atom is 0.417 e. The van der Waals surface area contributed by atoms with Crippen molar-refractivity contribution in [2.45, 2.75) is 12.4 Å². The Kier molecular flexibility index (Phi) is 5.71. The molecule has 1 aromatic heterocycles. The fourth-order valence-electron chi connectivity index (χ4n) is 1.91. The summed E-state index contributed by atoms with van der Waals surface area (Å²) in [6.07, 6.45) is -9.26. The van der Waals surface area contributed by atoms with Crippen molar-refractivity contribution < 1.29 is 39.6 Å². The fourth-order valence-corrected chi connectivity index (χ4v) is 3.38. The highest BCUT2D eigenvalue weighted by Crippen LogP contribution is 2.37. The van der Waals surface area contributed by atoms with Gasteiger partial charge in [-0.05, 0) is 35.7 Å². The van der Waals surface area contributed by atoms with E-state index in [2.05, 4.69) is 0 Å². The minimum Gasteiger partial charge on any atom is -0.268 e. The molecule has 2 aromatic rings.